The highest BCUT2D eigenvalue weighted by Crippen LogP contribution is 2.26. The minimum Gasteiger partial charge on any atom is -0.346 e. The molecule has 0 radical (unpaired) electrons. The van der Waals surface area contributed by atoms with Crippen molar-refractivity contribution >= 4 is 23.0 Å². The van der Waals surface area contributed by atoms with Crippen LogP contribution in [0.25, 0.3) is 11.1 Å². The molecule has 4 nitrogen and oxygen atoms in total. The van der Waals surface area contributed by atoms with E-state index in [1.807, 2.05) is 123 Å². The van der Waals surface area contributed by atoms with Gasteiger partial charge >= 0.3 is 0 Å². The molecule has 0 aliphatic carbocycles. The van der Waals surface area contributed by atoms with Crippen LogP contribution in [0.4, 0.5) is 0 Å². The van der Waals surface area contributed by atoms with Gasteiger partial charge in [-0.15, -0.1) is 0 Å². The van der Waals surface area contributed by atoms with Crippen molar-refractivity contribution in [3.05, 3.63) is 143 Å². The zero-order chi connectivity index (χ0) is 27.1. The molecule has 2 atom stereocenters. The van der Waals surface area contributed by atoms with Crippen LogP contribution in [0.1, 0.15) is 82.7 Å². The molecule has 2 N–H and O–H groups in total. The second-order valence-corrected chi connectivity index (χ2v) is 9.62. The van der Waals surface area contributed by atoms with Crippen LogP contribution in [0, 0.1) is 0 Å². The summed E-state index contributed by atoms with van der Waals surface area (Å²) < 4.78 is 0. The first-order valence-electron chi connectivity index (χ1n) is 12.9. The van der Waals surface area contributed by atoms with E-state index in [4.69, 9.17) is 0 Å². The summed E-state index contributed by atoms with van der Waals surface area (Å²) in [5, 5.41) is 6.12. The first kappa shape index (κ1) is 26.6. The van der Waals surface area contributed by atoms with E-state index in [0.717, 1.165) is 33.4 Å². The molecule has 0 aromatic heterocycles. The first-order chi connectivity index (χ1) is 18.3. The third-order valence-electron chi connectivity index (χ3n) is 7.02. The van der Waals surface area contributed by atoms with Crippen LogP contribution in [0.15, 0.2) is 109 Å². The number of nitrogens with one attached hydrogen (secondary N) is 2. The molecule has 0 spiro atoms. The van der Waals surface area contributed by atoms with E-state index in [-0.39, 0.29) is 23.9 Å². The zero-order valence-corrected chi connectivity index (χ0v) is 22.4. The van der Waals surface area contributed by atoms with Crippen molar-refractivity contribution in [3.63, 3.8) is 0 Å². The lowest BCUT2D eigenvalue weighted by Crippen LogP contribution is -2.26. The molecular weight excluding hydrogens is 468 g/mol. The second-order valence-electron chi connectivity index (χ2n) is 9.62. The maximum absolute atomic E-state index is 12.7. The topological polar surface area (TPSA) is 58.2 Å². The molecular formula is C34H34N2O2. The molecule has 0 fully saturated rings. The summed E-state index contributed by atoms with van der Waals surface area (Å²) in [5.74, 6) is -0.191. The van der Waals surface area contributed by atoms with E-state index in [0.29, 0.717) is 11.1 Å². The molecule has 0 bridgehead atoms. The van der Waals surface area contributed by atoms with Crippen LogP contribution in [0.5, 0.6) is 0 Å². The summed E-state index contributed by atoms with van der Waals surface area (Å²) in [6.45, 7) is 8.11. The molecule has 0 heterocycles. The summed E-state index contributed by atoms with van der Waals surface area (Å²) in [6, 6.07) is 35.1. The van der Waals surface area contributed by atoms with Crippen LogP contribution < -0.4 is 10.6 Å². The third kappa shape index (κ3) is 6.46. The Hall–Kier alpha value is -4.44. The van der Waals surface area contributed by atoms with Gasteiger partial charge < -0.3 is 10.6 Å². The minimum absolute atomic E-state index is 0.0705. The Morgan fingerprint density at radius 2 is 0.763 bits per heavy atom. The highest BCUT2D eigenvalue weighted by atomic mass is 16.2. The van der Waals surface area contributed by atoms with Gasteiger partial charge in [-0.05, 0) is 85.4 Å². The van der Waals surface area contributed by atoms with Crippen LogP contribution in [0.2, 0.25) is 0 Å². The van der Waals surface area contributed by atoms with E-state index in [1.54, 1.807) is 0 Å². The van der Waals surface area contributed by atoms with Gasteiger partial charge in [0.1, 0.15) is 0 Å². The smallest absolute Gasteiger partial charge is 0.251 e. The van der Waals surface area contributed by atoms with E-state index in [9.17, 15) is 9.59 Å². The Labute approximate surface area is 225 Å². The van der Waals surface area contributed by atoms with Gasteiger partial charge in [-0.25, -0.2) is 0 Å². The van der Waals surface area contributed by atoms with Crippen LogP contribution in [-0.4, -0.2) is 11.8 Å². The Balaban J connectivity index is 1.41. The SMILES string of the molecule is C/C(=C(/C)c1ccc(C(=O)N[C@@H](C)c2ccccc2)cc1)c1ccc(C(=O)N[C@@H](C)c2ccccc2)cc1. The number of hydrogen-bond donors (Lipinski definition) is 2. The van der Waals surface area contributed by atoms with E-state index in [1.165, 1.54) is 0 Å². The maximum atomic E-state index is 12.7. The van der Waals surface area contributed by atoms with Gasteiger partial charge in [-0.2, -0.15) is 0 Å². The van der Waals surface area contributed by atoms with Gasteiger partial charge in [-0.1, -0.05) is 84.9 Å². The quantitative estimate of drug-likeness (QED) is 0.244. The lowest BCUT2D eigenvalue weighted by Gasteiger charge is -2.15. The van der Waals surface area contributed by atoms with Gasteiger partial charge in [0, 0.05) is 11.1 Å². The van der Waals surface area contributed by atoms with Gasteiger partial charge in [-0.3, -0.25) is 9.59 Å². The molecule has 0 aliphatic rings. The van der Waals surface area contributed by atoms with Gasteiger partial charge in [0.2, 0.25) is 0 Å². The first-order valence-corrected chi connectivity index (χ1v) is 12.9. The number of carbonyl (C=O) groups is 2. The summed E-state index contributed by atoms with van der Waals surface area (Å²) in [4.78, 5) is 25.5. The number of carbonyl (C=O) groups excluding carboxylic acids is 2. The summed E-state index contributed by atoms with van der Waals surface area (Å²) in [5.41, 5.74) is 7.72. The standard InChI is InChI=1S/C34H34N2O2/c1-23(27-15-19-31(20-16-27)33(37)35-25(3)29-11-7-5-8-12-29)24(2)28-17-21-32(22-18-28)34(38)36-26(4)30-13-9-6-10-14-30/h5-22,25-26H,1-4H3,(H,35,37)(H,36,38)/b24-23+/t25-,26-/m0/s1. The Morgan fingerprint density at radius 3 is 1.08 bits per heavy atom. The number of benzene rings is 4. The van der Waals surface area contributed by atoms with Gasteiger partial charge in [0.05, 0.1) is 12.1 Å². The highest BCUT2D eigenvalue weighted by Gasteiger charge is 2.13. The lowest BCUT2D eigenvalue weighted by molar-refractivity contribution is 0.0931. The summed E-state index contributed by atoms with van der Waals surface area (Å²) in [6.07, 6.45) is 0. The van der Waals surface area contributed by atoms with Crippen molar-refractivity contribution < 1.29 is 9.59 Å². The zero-order valence-electron chi connectivity index (χ0n) is 22.4. The molecule has 2 amide bonds. The molecule has 0 saturated carbocycles. The number of hydrogen-bond acceptors (Lipinski definition) is 2. The predicted molar refractivity (Wildman–Crippen MR) is 156 cm³/mol. The molecule has 38 heavy (non-hydrogen) atoms. The van der Waals surface area contributed by atoms with Crippen molar-refractivity contribution in [1.82, 2.24) is 10.6 Å². The van der Waals surface area contributed by atoms with Crippen molar-refractivity contribution in [1.29, 1.82) is 0 Å². The predicted octanol–water partition coefficient (Wildman–Crippen LogP) is 7.62. The van der Waals surface area contributed by atoms with E-state index >= 15 is 0 Å². The molecule has 4 aromatic carbocycles. The number of rotatable bonds is 8. The minimum atomic E-state index is -0.0956. The molecule has 0 unspecified atom stereocenters. The Bertz CT molecular complexity index is 1300. The average Bonchev–Trinajstić information content (AvgIpc) is 2.97. The average molecular weight is 503 g/mol. The molecule has 4 rings (SSSR count). The third-order valence-corrected chi connectivity index (χ3v) is 7.02. The fourth-order valence-electron chi connectivity index (χ4n) is 4.39. The second kappa shape index (κ2) is 12.2. The van der Waals surface area contributed by atoms with E-state index in [2.05, 4.69) is 24.5 Å². The van der Waals surface area contributed by atoms with E-state index < -0.39 is 0 Å². The van der Waals surface area contributed by atoms with Crippen molar-refractivity contribution in [3.8, 4) is 0 Å². The van der Waals surface area contributed by atoms with Crippen LogP contribution in [-0.2, 0) is 0 Å². The van der Waals surface area contributed by atoms with Gasteiger partial charge in [0.25, 0.3) is 11.8 Å². The molecule has 0 aliphatic heterocycles. The largest absolute Gasteiger partial charge is 0.346 e. The monoisotopic (exact) mass is 502 g/mol. The highest BCUT2D eigenvalue weighted by molar-refractivity contribution is 5.97. The number of amides is 2. The number of allylic oxidation sites excluding steroid dienone is 2. The van der Waals surface area contributed by atoms with Crippen LogP contribution >= 0.6 is 0 Å². The summed E-state index contributed by atoms with van der Waals surface area (Å²) in [7, 11) is 0. The molecule has 0 saturated heterocycles. The van der Waals surface area contributed by atoms with Crippen molar-refractivity contribution in [2.75, 3.05) is 0 Å². The van der Waals surface area contributed by atoms with Crippen LogP contribution in [0.3, 0.4) is 0 Å². The lowest BCUT2D eigenvalue weighted by atomic mass is 9.95. The summed E-state index contributed by atoms with van der Waals surface area (Å²) >= 11 is 0. The Kier molecular flexibility index (Phi) is 8.55. The Morgan fingerprint density at radius 1 is 0.474 bits per heavy atom. The fraction of sp³-hybridized carbons (Fsp3) is 0.176. The fourth-order valence-corrected chi connectivity index (χ4v) is 4.39. The van der Waals surface area contributed by atoms with Gasteiger partial charge in [0.15, 0.2) is 0 Å². The normalized spacial score (nSPS) is 13.2. The molecule has 4 heteroatoms. The van der Waals surface area contributed by atoms with Crippen molar-refractivity contribution in [2.24, 2.45) is 0 Å². The molecule has 4 aromatic rings. The van der Waals surface area contributed by atoms with Crippen molar-refractivity contribution in [2.45, 2.75) is 39.8 Å². The molecule has 192 valence electrons. The maximum Gasteiger partial charge on any atom is 0.251 e.